The summed E-state index contributed by atoms with van der Waals surface area (Å²) in [6.45, 7) is -0.0791. The Morgan fingerprint density at radius 3 is 2.46 bits per heavy atom. The van der Waals surface area contributed by atoms with E-state index in [1.165, 1.54) is 36.4 Å². The third kappa shape index (κ3) is 6.24. The van der Waals surface area contributed by atoms with Crippen LogP contribution in [0, 0.1) is 17.1 Å². The van der Waals surface area contributed by atoms with Gasteiger partial charge in [0.15, 0.2) is 9.84 Å². The molecule has 4 rings (SSSR count). The lowest BCUT2D eigenvalue weighted by molar-refractivity contribution is 0.0699. The number of rotatable bonds is 10. The molecule has 11 heteroatoms. The average Bonchev–Trinajstić information content (AvgIpc) is 3.23. The summed E-state index contributed by atoms with van der Waals surface area (Å²) in [6, 6.07) is 17.0. The van der Waals surface area contributed by atoms with E-state index >= 15 is 0 Å². The quantitative estimate of drug-likeness (QED) is 0.222. The van der Waals surface area contributed by atoms with Crippen LogP contribution in [0.2, 0.25) is 0 Å². The minimum absolute atomic E-state index is 0.0472. The molecule has 190 valence electrons. The van der Waals surface area contributed by atoms with Crippen molar-refractivity contribution in [3.8, 4) is 23.1 Å². The third-order valence-electron chi connectivity index (χ3n) is 5.25. The fraction of sp³-hybridized carbons (Fsp3) is 0.154. The predicted octanol–water partition coefficient (Wildman–Crippen LogP) is 4.78. The number of aromatic carboxylic acids is 1. The van der Waals surface area contributed by atoms with Gasteiger partial charge >= 0.3 is 5.97 Å². The minimum atomic E-state index is -3.35. The summed E-state index contributed by atoms with van der Waals surface area (Å²) in [5.41, 5.74) is 2.09. The summed E-state index contributed by atoms with van der Waals surface area (Å²) in [6.07, 6.45) is 1.04. The van der Waals surface area contributed by atoms with Crippen LogP contribution in [-0.2, 0) is 21.2 Å². The summed E-state index contributed by atoms with van der Waals surface area (Å²) < 4.78 is 53.1. The van der Waals surface area contributed by atoms with Crippen LogP contribution in [0.15, 0.2) is 65.1 Å². The van der Waals surface area contributed by atoms with Gasteiger partial charge in [-0.25, -0.2) is 17.6 Å². The topological polar surface area (TPSA) is 139 Å². The average molecular weight is 525 g/mol. The van der Waals surface area contributed by atoms with E-state index in [0.29, 0.717) is 16.8 Å². The highest BCUT2D eigenvalue weighted by molar-refractivity contribution is 7.90. The van der Waals surface area contributed by atoms with Crippen molar-refractivity contribution in [2.45, 2.75) is 6.61 Å². The van der Waals surface area contributed by atoms with E-state index in [0.717, 1.165) is 11.8 Å². The summed E-state index contributed by atoms with van der Waals surface area (Å²) in [5.74, 6) is -1.91. The summed E-state index contributed by atoms with van der Waals surface area (Å²) in [7, 11) is -3.35. The molecule has 0 aliphatic heterocycles. The summed E-state index contributed by atoms with van der Waals surface area (Å²) in [4.78, 5) is 12.2. The van der Waals surface area contributed by atoms with Gasteiger partial charge in [-0.1, -0.05) is 12.1 Å². The van der Waals surface area contributed by atoms with Crippen LogP contribution in [0.3, 0.4) is 0 Å². The maximum Gasteiger partial charge on any atom is 0.340 e. The number of furan rings is 1. The molecule has 0 amide bonds. The molecule has 0 spiro atoms. The molecule has 0 saturated carbocycles. The van der Waals surface area contributed by atoms with Crippen molar-refractivity contribution in [1.29, 1.82) is 5.26 Å². The van der Waals surface area contributed by atoms with Gasteiger partial charge in [0.05, 0.1) is 17.3 Å². The van der Waals surface area contributed by atoms with Gasteiger partial charge in [0.1, 0.15) is 47.8 Å². The zero-order valence-corrected chi connectivity index (χ0v) is 20.3. The molecule has 1 heterocycles. The molecular weight excluding hydrogens is 503 g/mol. The molecule has 0 aliphatic rings. The van der Waals surface area contributed by atoms with Gasteiger partial charge in [0.2, 0.25) is 0 Å². The smallest absolute Gasteiger partial charge is 0.340 e. The lowest BCUT2D eigenvalue weighted by Gasteiger charge is -2.14. The second-order valence-corrected chi connectivity index (χ2v) is 10.2. The number of carbonyl (C=O) groups is 1. The van der Waals surface area contributed by atoms with Gasteiger partial charge in [-0.3, -0.25) is 0 Å². The van der Waals surface area contributed by atoms with E-state index in [-0.39, 0.29) is 41.4 Å². The highest BCUT2D eigenvalue weighted by Gasteiger charge is 2.24. The van der Waals surface area contributed by atoms with Gasteiger partial charge < -0.3 is 24.3 Å². The van der Waals surface area contributed by atoms with Crippen LogP contribution in [-0.4, -0.2) is 38.4 Å². The Morgan fingerprint density at radius 1 is 1.14 bits per heavy atom. The van der Waals surface area contributed by atoms with Crippen LogP contribution in [0.4, 0.5) is 10.1 Å². The molecule has 1 aromatic heterocycles. The van der Waals surface area contributed by atoms with Crippen LogP contribution in [0.25, 0.3) is 22.3 Å². The van der Waals surface area contributed by atoms with Crippen molar-refractivity contribution in [2.24, 2.45) is 0 Å². The third-order valence-corrected chi connectivity index (χ3v) is 5.84. The number of nitrogens with zero attached hydrogens (tertiary/aromatic N) is 1. The fourth-order valence-electron chi connectivity index (χ4n) is 3.56. The van der Waals surface area contributed by atoms with Crippen molar-refractivity contribution in [3.05, 3.63) is 83.2 Å². The molecule has 9 nitrogen and oxygen atoms in total. The zero-order valence-electron chi connectivity index (χ0n) is 19.5. The molecule has 4 aromatic rings. The van der Waals surface area contributed by atoms with Crippen LogP contribution >= 0.6 is 0 Å². The maximum atomic E-state index is 13.4. The largest absolute Gasteiger partial charge is 0.487 e. The first-order chi connectivity index (χ1) is 17.6. The molecule has 0 saturated heterocycles. The Kier molecular flexibility index (Phi) is 7.42. The standard InChI is InChI=1S/C26H21FN2O7S/c1-37(32,33)15-34-14-29-21-11-22-20(10-23(21)35-13-17-4-2-16(12-28)3-5-17)24(26(30)31)25(36-22)18-6-8-19(27)9-7-18/h2-11,29H,13-15H2,1H3,(H,30,31). The molecule has 3 aromatic carbocycles. The number of hydrogen-bond donors (Lipinski definition) is 2. The highest BCUT2D eigenvalue weighted by Crippen LogP contribution is 2.39. The van der Waals surface area contributed by atoms with Gasteiger partial charge in [-0.05, 0) is 48.0 Å². The molecule has 0 aliphatic carbocycles. The molecule has 0 unspecified atom stereocenters. The lowest BCUT2D eigenvalue weighted by atomic mass is 10.0. The second kappa shape index (κ2) is 10.7. The van der Waals surface area contributed by atoms with Crippen LogP contribution in [0.1, 0.15) is 21.5 Å². The van der Waals surface area contributed by atoms with E-state index in [9.17, 15) is 22.7 Å². The summed E-state index contributed by atoms with van der Waals surface area (Å²) in [5, 5.41) is 22.1. The number of carboxylic acid groups (broad SMARTS) is 1. The molecular formula is C26H21FN2O7S. The maximum absolute atomic E-state index is 13.4. The highest BCUT2D eigenvalue weighted by atomic mass is 32.2. The molecule has 0 fully saturated rings. The van der Waals surface area contributed by atoms with E-state index in [4.69, 9.17) is 19.2 Å². The molecule has 0 atom stereocenters. The van der Waals surface area contributed by atoms with Crippen LogP contribution in [0.5, 0.6) is 5.75 Å². The number of benzene rings is 3. The number of fused-ring (bicyclic) bond motifs is 1. The van der Waals surface area contributed by atoms with E-state index in [2.05, 4.69) is 5.32 Å². The SMILES string of the molecule is CS(=O)(=O)COCNc1cc2oc(-c3ccc(F)cc3)c(C(=O)O)c2cc1OCc1ccc(C#N)cc1. The Balaban J connectivity index is 1.73. The van der Waals surface area contributed by atoms with Gasteiger partial charge in [0, 0.05) is 23.3 Å². The predicted molar refractivity (Wildman–Crippen MR) is 133 cm³/mol. The van der Waals surface area contributed by atoms with Gasteiger partial charge in [-0.2, -0.15) is 5.26 Å². The number of nitriles is 1. The number of nitrogens with one attached hydrogen (secondary N) is 1. The van der Waals surface area contributed by atoms with Crippen molar-refractivity contribution in [1.82, 2.24) is 0 Å². The number of ether oxygens (including phenoxy) is 2. The fourth-order valence-corrected chi connectivity index (χ4v) is 3.94. The number of hydrogen-bond acceptors (Lipinski definition) is 8. The Bertz CT molecular complexity index is 1590. The van der Waals surface area contributed by atoms with Crippen molar-refractivity contribution >= 4 is 32.5 Å². The van der Waals surface area contributed by atoms with E-state index < -0.39 is 27.6 Å². The van der Waals surface area contributed by atoms with Gasteiger partial charge in [0.25, 0.3) is 0 Å². The number of carboxylic acids is 1. The number of anilines is 1. The Morgan fingerprint density at radius 2 is 1.84 bits per heavy atom. The van der Waals surface area contributed by atoms with Crippen LogP contribution < -0.4 is 10.1 Å². The van der Waals surface area contributed by atoms with Gasteiger partial charge in [-0.15, -0.1) is 0 Å². The zero-order chi connectivity index (χ0) is 26.6. The van der Waals surface area contributed by atoms with Crippen molar-refractivity contribution in [3.63, 3.8) is 0 Å². The first-order valence-electron chi connectivity index (χ1n) is 10.9. The van der Waals surface area contributed by atoms with Crippen molar-refractivity contribution < 1.29 is 36.6 Å². The Hall–Kier alpha value is -4.40. The first-order valence-corrected chi connectivity index (χ1v) is 12.9. The van der Waals surface area contributed by atoms with Crippen molar-refractivity contribution in [2.75, 3.05) is 24.2 Å². The molecule has 0 bridgehead atoms. The monoisotopic (exact) mass is 524 g/mol. The van der Waals surface area contributed by atoms with E-state index in [1.54, 1.807) is 24.3 Å². The Labute approximate surface area is 211 Å². The number of halogens is 1. The summed E-state index contributed by atoms with van der Waals surface area (Å²) >= 11 is 0. The van der Waals surface area contributed by atoms with E-state index in [1.807, 2.05) is 6.07 Å². The molecule has 2 N–H and O–H groups in total. The second-order valence-electron chi connectivity index (χ2n) is 8.13. The normalized spacial score (nSPS) is 11.3. The molecule has 37 heavy (non-hydrogen) atoms. The minimum Gasteiger partial charge on any atom is -0.487 e. The first kappa shape index (κ1) is 25.7. The number of sulfone groups is 1. The lowest BCUT2D eigenvalue weighted by Crippen LogP contribution is -2.13. The molecule has 0 radical (unpaired) electrons.